The maximum Gasteiger partial charge on any atom is 0.239 e. The summed E-state index contributed by atoms with van der Waals surface area (Å²) in [5, 5.41) is 8.87. The molecule has 0 bridgehead atoms. The second-order valence-electron chi connectivity index (χ2n) is 8.51. The number of anilines is 1. The summed E-state index contributed by atoms with van der Waals surface area (Å²) in [5.41, 5.74) is 8.13. The second kappa shape index (κ2) is 13.4. The van der Waals surface area contributed by atoms with E-state index in [0.29, 0.717) is 24.4 Å². The molecule has 7 nitrogen and oxygen atoms in total. The number of nitrogens with zero attached hydrogens (tertiary/aromatic N) is 1. The van der Waals surface area contributed by atoms with E-state index in [2.05, 4.69) is 23.3 Å². The number of unbranched alkanes of at least 4 members (excludes halogenated alkanes) is 3. The summed E-state index contributed by atoms with van der Waals surface area (Å²) < 4.78 is 5.41. The van der Waals surface area contributed by atoms with E-state index in [1.165, 1.54) is 0 Å². The Kier molecular flexibility index (Phi) is 10.3. The van der Waals surface area contributed by atoms with E-state index in [4.69, 9.17) is 27.1 Å². The average Bonchev–Trinajstić information content (AvgIpc) is 2.84. The summed E-state index contributed by atoms with van der Waals surface area (Å²) >= 11 is 10.4. The number of aromatic nitrogens is 1. The number of fused-ring (bicyclic) bond motifs is 2. The first kappa shape index (κ1) is 26.9. The average molecular weight is 517 g/mol. The highest BCUT2D eigenvalue weighted by Crippen LogP contribution is 2.34. The van der Waals surface area contributed by atoms with Crippen molar-refractivity contribution in [2.24, 2.45) is 5.73 Å². The molecule has 0 aliphatic heterocycles. The summed E-state index contributed by atoms with van der Waals surface area (Å²) in [7, 11) is 1.64. The molecule has 0 aliphatic rings. The number of thiol groups is 1. The predicted octanol–water partition coefficient (Wildman–Crippen LogP) is 5.09. The topological polar surface area (TPSA) is 106 Å². The number of rotatable bonds is 14. The van der Waals surface area contributed by atoms with Crippen LogP contribution in [0.4, 0.5) is 5.69 Å². The highest BCUT2D eigenvalue weighted by molar-refractivity contribution is 7.80. The molecule has 188 valence electrons. The Balaban J connectivity index is 1.61. The van der Waals surface area contributed by atoms with Crippen LogP contribution in [0.2, 0.25) is 5.02 Å². The van der Waals surface area contributed by atoms with Crippen LogP contribution in [0.25, 0.3) is 21.8 Å². The van der Waals surface area contributed by atoms with Crippen LogP contribution in [0.5, 0.6) is 5.75 Å². The Labute approximate surface area is 216 Å². The molecule has 0 fully saturated rings. The lowest BCUT2D eigenvalue weighted by Gasteiger charge is -2.17. The SMILES string of the molecule is COc1ccc2nc3cc(Cl)ccc3c(NCCCC[C@H](NC(=O)CCCCCS)C(N)=O)c2c1. The molecule has 3 rings (SSSR count). The number of hydrogen-bond donors (Lipinski definition) is 4. The van der Waals surface area contributed by atoms with Gasteiger partial charge in [-0.05, 0) is 74.3 Å². The van der Waals surface area contributed by atoms with E-state index in [0.717, 1.165) is 71.1 Å². The molecule has 0 saturated carbocycles. The molecule has 35 heavy (non-hydrogen) atoms. The molecular formula is C26H33ClN4O3S. The molecule has 0 saturated heterocycles. The van der Waals surface area contributed by atoms with Gasteiger partial charge < -0.3 is 21.1 Å². The summed E-state index contributed by atoms with van der Waals surface area (Å²) in [5.74, 6) is 0.929. The van der Waals surface area contributed by atoms with Crippen molar-refractivity contribution in [2.75, 3.05) is 24.7 Å². The number of benzene rings is 2. The number of carbonyl (C=O) groups is 2. The van der Waals surface area contributed by atoms with Crippen molar-refractivity contribution in [2.45, 2.75) is 51.0 Å². The number of primary amides is 1. The standard InChI is InChI=1S/C26H33ClN4O3S/c1-34-18-10-12-21-20(16-18)25(19-11-9-17(27)15-23(19)30-21)29-13-5-4-7-22(26(28)33)31-24(32)8-3-2-6-14-35/h9-12,15-16,22,35H,2-8,13-14H2,1H3,(H2,28,33)(H,29,30)(H,31,32)/t22-/m0/s1. The van der Waals surface area contributed by atoms with E-state index in [9.17, 15) is 9.59 Å². The number of nitrogens with two attached hydrogens (primary N) is 1. The summed E-state index contributed by atoms with van der Waals surface area (Å²) in [6, 6.07) is 10.8. The predicted molar refractivity (Wildman–Crippen MR) is 147 cm³/mol. The smallest absolute Gasteiger partial charge is 0.239 e. The lowest BCUT2D eigenvalue weighted by atomic mass is 10.1. The molecule has 0 spiro atoms. The first-order valence-corrected chi connectivity index (χ1v) is 12.9. The number of amides is 2. The molecule has 1 atom stereocenters. The highest BCUT2D eigenvalue weighted by atomic mass is 35.5. The molecule has 1 aromatic heterocycles. The number of ether oxygens (including phenoxy) is 1. The van der Waals surface area contributed by atoms with Gasteiger partial charge in [-0.15, -0.1) is 0 Å². The molecule has 2 aromatic carbocycles. The van der Waals surface area contributed by atoms with E-state index < -0.39 is 11.9 Å². The van der Waals surface area contributed by atoms with Crippen molar-refractivity contribution in [1.29, 1.82) is 0 Å². The summed E-state index contributed by atoms with van der Waals surface area (Å²) in [6.07, 6.45) is 5.13. The van der Waals surface area contributed by atoms with Crippen molar-refractivity contribution >= 4 is 63.5 Å². The van der Waals surface area contributed by atoms with Gasteiger partial charge in [-0.1, -0.05) is 18.0 Å². The van der Waals surface area contributed by atoms with Gasteiger partial charge in [0.15, 0.2) is 0 Å². The lowest BCUT2D eigenvalue weighted by Crippen LogP contribution is -2.44. The van der Waals surface area contributed by atoms with Crippen molar-refractivity contribution in [3.63, 3.8) is 0 Å². The minimum atomic E-state index is -0.652. The maximum absolute atomic E-state index is 12.1. The van der Waals surface area contributed by atoms with Crippen LogP contribution in [-0.2, 0) is 9.59 Å². The third kappa shape index (κ3) is 7.64. The molecule has 3 aromatic rings. The number of hydrogen-bond acceptors (Lipinski definition) is 6. The number of nitrogens with one attached hydrogen (secondary N) is 2. The molecule has 0 unspecified atom stereocenters. The van der Waals surface area contributed by atoms with E-state index in [1.54, 1.807) is 7.11 Å². The zero-order chi connectivity index (χ0) is 25.2. The summed E-state index contributed by atoms with van der Waals surface area (Å²) in [4.78, 5) is 28.7. The fourth-order valence-corrected chi connectivity index (χ4v) is 4.42. The summed E-state index contributed by atoms with van der Waals surface area (Å²) in [6.45, 7) is 0.678. The van der Waals surface area contributed by atoms with E-state index in [-0.39, 0.29) is 5.91 Å². The third-order valence-electron chi connectivity index (χ3n) is 5.91. The number of methoxy groups -OCH3 is 1. The van der Waals surface area contributed by atoms with Crippen LogP contribution in [0.1, 0.15) is 44.9 Å². The van der Waals surface area contributed by atoms with Crippen LogP contribution in [-0.4, -0.2) is 42.2 Å². The zero-order valence-electron chi connectivity index (χ0n) is 20.0. The van der Waals surface area contributed by atoms with Crippen molar-refractivity contribution in [1.82, 2.24) is 10.3 Å². The quantitative estimate of drug-likeness (QED) is 0.136. The van der Waals surface area contributed by atoms with Crippen molar-refractivity contribution in [3.8, 4) is 5.75 Å². The zero-order valence-corrected chi connectivity index (χ0v) is 21.6. The van der Waals surface area contributed by atoms with Crippen LogP contribution in [0, 0.1) is 0 Å². The Morgan fingerprint density at radius 2 is 1.89 bits per heavy atom. The van der Waals surface area contributed by atoms with Gasteiger partial charge in [-0.25, -0.2) is 4.98 Å². The van der Waals surface area contributed by atoms with Gasteiger partial charge in [0.1, 0.15) is 11.8 Å². The largest absolute Gasteiger partial charge is 0.497 e. The first-order chi connectivity index (χ1) is 16.9. The monoisotopic (exact) mass is 516 g/mol. The molecule has 4 N–H and O–H groups in total. The Bertz CT molecular complexity index is 1170. The minimum absolute atomic E-state index is 0.131. The molecule has 0 radical (unpaired) electrons. The van der Waals surface area contributed by atoms with Gasteiger partial charge in [0.25, 0.3) is 0 Å². The van der Waals surface area contributed by atoms with Gasteiger partial charge in [0.05, 0.1) is 23.8 Å². The van der Waals surface area contributed by atoms with Crippen LogP contribution >= 0.6 is 24.2 Å². The van der Waals surface area contributed by atoms with E-state index in [1.807, 2.05) is 36.4 Å². The Morgan fingerprint density at radius 1 is 1.06 bits per heavy atom. The van der Waals surface area contributed by atoms with Gasteiger partial charge >= 0.3 is 0 Å². The van der Waals surface area contributed by atoms with Crippen LogP contribution < -0.4 is 21.1 Å². The third-order valence-corrected chi connectivity index (χ3v) is 6.46. The Hall–Kier alpha value is -2.71. The maximum atomic E-state index is 12.1. The van der Waals surface area contributed by atoms with E-state index >= 15 is 0 Å². The van der Waals surface area contributed by atoms with Gasteiger partial charge in [-0.3, -0.25) is 9.59 Å². The minimum Gasteiger partial charge on any atom is -0.497 e. The van der Waals surface area contributed by atoms with Crippen molar-refractivity contribution < 1.29 is 14.3 Å². The number of carbonyl (C=O) groups excluding carboxylic acids is 2. The first-order valence-electron chi connectivity index (χ1n) is 11.9. The van der Waals surface area contributed by atoms with Gasteiger partial charge in [0.2, 0.25) is 11.8 Å². The molecule has 9 heteroatoms. The molecule has 0 aliphatic carbocycles. The fourth-order valence-electron chi connectivity index (χ4n) is 4.03. The second-order valence-corrected chi connectivity index (χ2v) is 9.39. The molecule has 1 heterocycles. The van der Waals surface area contributed by atoms with Crippen LogP contribution in [0.15, 0.2) is 36.4 Å². The van der Waals surface area contributed by atoms with Gasteiger partial charge in [0, 0.05) is 28.8 Å². The molecule has 2 amide bonds. The highest BCUT2D eigenvalue weighted by Gasteiger charge is 2.17. The molecular weight excluding hydrogens is 484 g/mol. The van der Waals surface area contributed by atoms with Gasteiger partial charge in [-0.2, -0.15) is 12.6 Å². The lowest BCUT2D eigenvalue weighted by molar-refractivity contribution is -0.127. The number of pyridine rings is 1. The fraction of sp³-hybridized carbons (Fsp3) is 0.423. The van der Waals surface area contributed by atoms with Crippen LogP contribution in [0.3, 0.4) is 0 Å². The normalized spacial score (nSPS) is 12.0. The van der Waals surface area contributed by atoms with Crippen molar-refractivity contribution in [3.05, 3.63) is 41.4 Å². The Morgan fingerprint density at radius 3 is 2.63 bits per heavy atom. The number of halogens is 1.